The van der Waals surface area contributed by atoms with E-state index >= 15 is 0 Å². The minimum atomic E-state index is -0.513. The van der Waals surface area contributed by atoms with Crippen molar-refractivity contribution in [1.82, 2.24) is 0 Å². The molecular formula is C30H52O2. The number of carbonyl (C=O) groups is 1. The van der Waals surface area contributed by atoms with E-state index in [9.17, 15) is 9.90 Å². The van der Waals surface area contributed by atoms with Gasteiger partial charge in [0.15, 0.2) is 5.78 Å². The second-order valence-electron chi connectivity index (χ2n) is 9.81. The molecule has 1 unspecified atom stereocenters. The molecule has 0 aromatic heterocycles. The van der Waals surface area contributed by atoms with Crippen LogP contribution in [0.15, 0.2) is 24.3 Å². The number of hydrogen-bond donors (Lipinski definition) is 1. The highest BCUT2D eigenvalue weighted by Crippen LogP contribution is 2.24. The lowest BCUT2D eigenvalue weighted by molar-refractivity contribution is 0.100. The summed E-state index contributed by atoms with van der Waals surface area (Å²) in [5.41, 5.74) is 1.46. The molecule has 0 radical (unpaired) electrons. The Morgan fingerprint density at radius 3 is 1.44 bits per heavy atom. The van der Waals surface area contributed by atoms with E-state index in [2.05, 4.69) is 6.92 Å². The van der Waals surface area contributed by atoms with Gasteiger partial charge in [0.1, 0.15) is 0 Å². The molecule has 1 aromatic carbocycles. The van der Waals surface area contributed by atoms with Gasteiger partial charge in [0.05, 0.1) is 6.10 Å². The zero-order valence-electron chi connectivity index (χ0n) is 21.4. The molecule has 0 aliphatic carbocycles. The van der Waals surface area contributed by atoms with E-state index < -0.39 is 6.10 Å². The SMILES string of the molecule is CCCCCCCCCCCCCCCCCCCCCC(O)c1ccccc1C(C)=O. The number of aliphatic hydroxyl groups is 1. The molecule has 2 nitrogen and oxygen atoms in total. The summed E-state index contributed by atoms with van der Waals surface area (Å²) in [4.78, 5) is 11.7. The molecule has 32 heavy (non-hydrogen) atoms. The van der Waals surface area contributed by atoms with Crippen molar-refractivity contribution in [2.45, 2.75) is 148 Å². The first kappa shape index (κ1) is 28.9. The quantitative estimate of drug-likeness (QED) is 0.143. The maximum atomic E-state index is 11.7. The zero-order valence-corrected chi connectivity index (χ0v) is 21.4. The first-order valence-electron chi connectivity index (χ1n) is 13.9. The summed E-state index contributed by atoms with van der Waals surface area (Å²) in [6.07, 6.45) is 26.4. The van der Waals surface area contributed by atoms with Gasteiger partial charge in [-0.3, -0.25) is 4.79 Å². The molecule has 0 amide bonds. The van der Waals surface area contributed by atoms with Gasteiger partial charge in [0, 0.05) is 5.56 Å². The van der Waals surface area contributed by atoms with Gasteiger partial charge in [-0.1, -0.05) is 153 Å². The molecule has 0 saturated heterocycles. The minimum absolute atomic E-state index is 0.0350. The van der Waals surface area contributed by atoms with Crippen LogP contribution in [0.25, 0.3) is 0 Å². The fourth-order valence-electron chi connectivity index (χ4n) is 4.68. The Morgan fingerprint density at radius 2 is 1.03 bits per heavy atom. The Kier molecular flexibility index (Phi) is 18.5. The number of benzene rings is 1. The fraction of sp³-hybridized carbons (Fsp3) is 0.767. The molecule has 1 atom stereocenters. The third kappa shape index (κ3) is 14.8. The summed E-state index contributed by atoms with van der Waals surface area (Å²) in [7, 11) is 0. The van der Waals surface area contributed by atoms with Crippen LogP contribution in [0, 0.1) is 0 Å². The van der Waals surface area contributed by atoms with Crippen LogP contribution in [0.3, 0.4) is 0 Å². The van der Waals surface area contributed by atoms with Crippen molar-refractivity contribution in [2.75, 3.05) is 0 Å². The summed E-state index contributed by atoms with van der Waals surface area (Å²) in [6, 6.07) is 7.47. The van der Waals surface area contributed by atoms with E-state index in [0.29, 0.717) is 5.56 Å². The van der Waals surface area contributed by atoms with E-state index in [1.807, 2.05) is 24.3 Å². The lowest BCUT2D eigenvalue weighted by Gasteiger charge is -2.14. The predicted molar refractivity (Wildman–Crippen MR) is 139 cm³/mol. The normalized spacial score (nSPS) is 12.2. The van der Waals surface area contributed by atoms with Crippen LogP contribution >= 0.6 is 0 Å². The maximum absolute atomic E-state index is 11.7. The monoisotopic (exact) mass is 444 g/mol. The molecule has 0 saturated carbocycles. The smallest absolute Gasteiger partial charge is 0.160 e. The maximum Gasteiger partial charge on any atom is 0.160 e. The van der Waals surface area contributed by atoms with E-state index in [0.717, 1.165) is 18.4 Å². The number of Topliss-reactive ketones (excluding diaryl/α,β-unsaturated/α-hetero) is 1. The number of unbranched alkanes of at least 4 members (excludes halogenated alkanes) is 18. The van der Waals surface area contributed by atoms with Crippen LogP contribution in [0.2, 0.25) is 0 Å². The molecule has 0 aliphatic rings. The predicted octanol–water partition coefficient (Wildman–Crippen LogP) is 9.74. The lowest BCUT2D eigenvalue weighted by atomic mass is 9.96. The van der Waals surface area contributed by atoms with Gasteiger partial charge in [0.2, 0.25) is 0 Å². The van der Waals surface area contributed by atoms with Crippen LogP contribution in [0.5, 0.6) is 0 Å². The lowest BCUT2D eigenvalue weighted by Crippen LogP contribution is -2.05. The number of hydrogen-bond acceptors (Lipinski definition) is 2. The molecule has 1 rings (SSSR count). The Morgan fingerprint density at radius 1 is 0.656 bits per heavy atom. The summed E-state index contributed by atoms with van der Waals surface area (Å²) < 4.78 is 0. The minimum Gasteiger partial charge on any atom is -0.388 e. The van der Waals surface area contributed by atoms with Crippen LogP contribution in [-0.4, -0.2) is 10.9 Å². The summed E-state index contributed by atoms with van der Waals surface area (Å²) in [5.74, 6) is 0.0350. The van der Waals surface area contributed by atoms with Gasteiger partial charge in [0.25, 0.3) is 0 Å². The number of rotatable bonds is 22. The average molecular weight is 445 g/mol. The number of ketones is 1. The topological polar surface area (TPSA) is 37.3 Å². The van der Waals surface area contributed by atoms with Crippen molar-refractivity contribution < 1.29 is 9.90 Å². The fourth-order valence-corrected chi connectivity index (χ4v) is 4.68. The van der Waals surface area contributed by atoms with Gasteiger partial charge in [-0.05, 0) is 18.9 Å². The van der Waals surface area contributed by atoms with Crippen LogP contribution in [0.1, 0.15) is 164 Å². The van der Waals surface area contributed by atoms with Crippen molar-refractivity contribution in [3.8, 4) is 0 Å². The second kappa shape index (κ2) is 20.5. The van der Waals surface area contributed by atoms with Gasteiger partial charge in [-0.25, -0.2) is 0 Å². The van der Waals surface area contributed by atoms with Gasteiger partial charge in [-0.2, -0.15) is 0 Å². The van der Waals surface area contributed by atoms with E-state index in [1.54, 1.807) is 6.92 Å². The van der Waals surface area contributed by atoms with Crippen molar-refractivity contribution in [2.24, 2.45) is 0 Å². The first-order chi connectivity index (χ1) is 15.7. The molecule has 0 heterocycles. The number of carbonyl (C=O) groups excluding carboxylic acids is 1. The molecule has 1 N–H and O–H groups in total. The Bertz CT molecular complexity index is 566. The second-order valence-corrected chi connectivity index (χ2v) is 9.81. The van der Waals surface area contributed by atoms with Gasteiger partial charge >= 0.3 is 0 Å². The third-order valence-corrected chi connectivity index (χ3v) is 6.78. The Hall–Kier alpha value is -1.15. The summed E-state index contributed by atoms with van der Waals surface area (Å²) in [6.45, 7) is 3.86. The molecule has 0 spiro atoms. The highest BCUT2D eigenvalue weighted by molar-refractivity contribution is 5.95. The van der Waals surface area contributed by atoms with Crippen molar-refractivity contribution in [3.05, 3.63) is 35.4 Å². The van der Waals surface area contributed by atoms with Crippen LogP contribution in [-0.2, 0) is 0 Å². The number of aliphatic hydroxyl groups excluding tert-OH is 1. The van der Waals surface area contributed by atoms with Crippen molar-refractivity contribution >= 4 is 5.78 Å². The summed E-state index contributed by atoms with van der Waals surface area (Å²) >= 11 is 0. The molecule has 0 bridgehead atoms. The first-order valence-corrected chi connectivity index (χ1v) is 13.9. The van der Waals surface area contributed by atoms with Gasteiger partial charge < -0.3 is 5.11 Å². The van der Waals surface area contributed by atoms with E-state index in [4.69, 9.17) is 0 Å². The highest BCUT2D eigenvalue weighted by Gasteiger charge is 2.14. The third-order valence-electron chi connectivity index (χ3n) is 6.78. The van der Waals surface area contributed by atoms with Crippen LogP contribution < -0.4 is 0 Å². The molecule has 0 fully saturated rings. The van der Waals surface area contributed by atoms with Crippen molar-refractivity contribution in [3.63, 3.8) is 0 Å². The molecule has 0 aliphatic heterocycles. The van der Waals surface area contributed by atoms with E-state index in [-0.39, 0.29) is 5.78 Å². The van der Waals surface area contributed by atoms with Gasteiger partial charge in [-0.15, -0.1) is 0 Å². The van der Waals surface area contributed by atoms with E-state index in [1.165, 1.54) is 116 Å². The molecule has 2 heteroatoms. The zero-order chi connectivity index (χ0) is 23.3. The highest BCUT2D eigenvalue weighted by atomic mass is 16.3. The molecule has 184 valence electrons. The average Bonchev–Trinajstić information content (AvgIpc) is 2.80. The summed E-state index contributed by atoms with van der Waals surface area (Å²) in [5, 5.41) is 10.4. The van der Waals surface area contributed by atoms with Crippen LogP contribution in [0.4, 0.5) is 0 Å². The Balaban J connectivity index is 1.84. The van der Waals surface area contributed by atoms with Crippen molar-refractivity contribution in [1.29, 1.82) is 0 Å². The Labute approximate surface area is 199 Å². The molecule has 1 aromatic rings. The standard InChI is InChI=1S/C30H52O2/c1-3-4-5-6-7-8-9-10-11-12-13-14-15-16-17-18-19-20-21-26-30(32)29-25-23-22-24-28(29)27(2)31/h22-25,30,32H,3-21,26H2,1-2H3. The molecular weight excluding hydrogens is 392 g/mol. The largest absolute Gasteiger partial charge is 0.388 e.